The molecule has 124 valence electrons. The number of aryl methyl sites for hydroxylation is 1. The molecule has 0 saturated carbocycles. The molecule has 8 heteroatoms. The lowest BCUT2D eigenvalue weighted by atomic mass is 10.2. The quantitative estimate of drug-likeness (QED) is 0.713. The summed E-state index contributed by atoms with van der Waals surface area (Å²) in [6.07, 6.45) is -0.558. The first-order chi connectivity index (χ1) is 11.5. The lowest BCUT2D eigenvalue weighted by molar-refractivity contribution is -0.327. The number of hydrogen-bond donors (Lipinski definition) is 0. The largest absolute Gasteiger partial charge is 0.322 e. The van der Waals surface area contributed by atoms with Crippen molar-refractivity contribution in [3.05, 3.63) is 58.9 Å². The molecule has 0 radical (unpaired) electrons. The molecule has 0 aliphatic carbocycles. The minimum atomic E-state index is -3.91. The fourth-order valence-electron chi connectivity index (χ4n) is 2.72. The number of benzene rings is 2. The number of imidazole rings is 1. The molecule has 0 spiro atoms. The molecule has 1 aromatic heterocycles. The van der Waals surface area contributed by atoms with Crippen LogP contribution in [0, 0.1) is 6.92 Å². The number of para-hydroxylation sites is 2. The third-order valence-electron chi connectivity index (χ3n) is 3.86. The molecule has 1 aliphatic rings. The van der Waals surface area contributed by atoms with Crippen LogP contribution in [0.15, 0.2) is 47.4 Å². The van der Waals surface area contributed by atoms with Crippen LogP contribution in [0.4, 0.5) is 0 Å². The third kappa shape index (κ3) is 2.32. The van der Waals surface area contributed by atoms with Crippen LogP contribution in [-0.2, 0) is 19.5 Å². The van der Waals surface area contributed by atoms with E-state index in [2.05, 4.69) is 4.98 Å². The molecule has 2 aromatic carbocycles. The number of nitrogens with zero attached hydrogens (tertiary/aromatic N) is 2. The van der Waals surface area contributed by atoms with Crippen molar-refractivity contribution >= 4 is 32.7 Å². The summed E-state index contributed by atoms with van der Waals surface area (Å²) in [6.45, 7) is 1.84. The minimum Gasteiger partial charge on any atom is -0.322 e. The smallest absolute Gasteiger partial charge is 0.271 e. The molecule has 2 heterocycles. The number of halogens is 1. The molecule has 1 fully saturated rings. The average Bonchev–Trinajstić information content (AvgIpc) is 2.83. The highest BCUT2D eigenvalue weighted by Crippen LogP contribution is 2.33. The molecule has 0 N–H and O–H groups in total. The Morgan fingerprint density at radius 3 is 2.67 bits per heavy atom. The van der Waals surface area contributed by atoms with E-state index >= 15 is 0 Å². The van der Waals surface area contributed by atoms with Crippen molar-refractivity contribution in [1.82, 2.24) is 8.96 Å². The number of fused-ring (bicyclic) bond motifs is 1. The number of ether oxygens (including phenoxy) is 2. The third-order valence-corrected chi connectivity index (χ3v) is 6.14. The molecular weight excluding hydrogens is 352 g/mol. The van der Waals surface area contributed by atoms with Gasteiger partial charge in [0.1, 0.15) is 10.7 Å². The van der Waals surface area contributed by atoms with Gasteiger partial charge in [-0.3, -0.25) is 0 Å². The van der Waals surface area contributed by atoms with E-state index in [-0.39, 0.29) is 16.7 Å². The van der Waals surface area contributed by atoms with Crippen LogP contribution in [0.2, 0.25) is 5.02 Å². The summed E-state index contributed by atoms with van der Waals surface area (Å²) in [5.74, 6) is 0.369. The molecule has 6 nitrogen and oxygen atoms in total. The van der Waals surface area contributed by atoms with Gasteiger partial charge in [0.25, 0.3) is 10.0 Å². The summed E-state index contributed by atoms with van der Waals surface area (Å²) < 4.78 is 38.0. The molecule has 1 saturated heterocycles. The van der Waals surface area contributed by atoms with Gasteiger partial charge in [0.15, 0.2) is 13.1 Å². The van der Waals surface area contributed by atoms with Gasteiger partial charge in [0.05, 0.1) is 16.1 Å². The maximum absolute atomic E-state index is 13.2. The Hall–Kier alpha value is -1.93. The Bertz CT molecular complexity index is 1040. The van der Waals surface area contributed by atoms with Crippen LogP contribution in [0.5, 0.6) is 0 Å². The van der Waals surface area contributed by atoms with Crippen LogP contribution in [-0.4, -0.2) is 24.2 Å². The van der Waals surface area contributed by atoms with Crippen molar-refractivity contribution in [3.63, 3.8) is 0 Å². The average molecular weight is 365 g/mol. The SMILES string of the molecule is Cc1nc2ccccc2n1S(=O)(=O)c1cc(C2OCO2)ccc1Cl. The second-order valence-corrected chi connectivity index (χ2v) is 7.55. The van der Waals surface area contributed by atoms with E-state index in [0.717, 1.165) is 0 Å². The summed E-state index contributed by atoms with van der Waals surface area (Å²) in [6, 6.07) is 11.8. The zero-order valence-electron chi connectivity index (χ0n) is 12.6. The maximum Gasteiger partial charge on any atom is 0.271 e. The van der Waals surface area contributed by atoms with E-state index < -0.39 is 16.3 Å². The van der Waals surface area contributed by atoms with Gasteiger partial charge < -0.3 is 9.47 Å². The highest BCUT2D eigenvalue weighted by atomic mass is 35.5. The van der Waals surface area contributed by atoms with E-state index in [4.69, 9.17) is 21.1 Å². The van der Waals surface area contributed by atoms with Crippen LogP contribution < -0.4 is 0 Å². The molecule has 1 aliphatic heterocycles. The standard InChI is InChI=1S/C16H13ClN2O4S/c1-10-18-13-4-2-3-5-14(13)19(10)24(20,21)15-8-11(6-7-12(15)17)16-22-9-23-16/h2-8,16H,9H2,1H3. The van der Waals surface area contributed by atoms with Crippen LogP contribution in [0.1, 0.15) is 17.7 Å². The van der Waals surface area contributed by atoms with Crippen LogP contribution in [0.25, 0.3) is 11.0 Å². The van der Waals surface area contributed by atoms with Gasteiger partial charge >= 0.3 is 0 Å². The zero-order chi connectivity index (χ0) is 16.9. The van der Waals surface area contributed by atoms with Crippen molar-refractivity contribution in [2.24, 2.45) is 0 Å². The molecule has 0 bridgehead atoms. The Kier molecular flexibility index (Phi) is 3.61. The van der Waals surface area contributed by atoms with E-state index in [9.17, 15) is 8.42 Å². The molecule has 0 unspecified atom stereocenters. The van der Waals surface area contributed by atoms with E-state index in [1.165, 1.54) is 16.1 Å². The van der Waals surface area contributed by atoms with Gasteiger partial charge in [-0.1, -0.05) is 29.8 Å². The van der Waals surface area contributed by atoms with Gasteiger partial charge in [-0.25, -0.2) is 17.4 Å². The van der Waals surface area contributed by atoms with Crippen molar-refractivity contribution in [2.45, 2.75) is 18.1 Å². The van der Waals surface area contributed by atoms with E-state index in [1.54, 1.807) is 31.2 Å². The topological polar surface area (TPSA) is 70.4 Å². The predicted molar refractivity (Wildman–Crippen MR) is 88.3 cm³/mol. The predicted octanol–water partition coefficient (Wildman–Crippen LogP) is 3.24. The number of rotatable bonds is 3. The monoisotopic (exact) mass is 364 g/mol. The summed E-state index contributed by atoms with van der Waals surface area (Å²) >= 11 is 6.17. The van der Waals surface area contributed by atoms with Crippen molar-refractivity contribution in [3.8, 4) is 0 Å². The van der Waals surface area contributed by atoms with Crippen molar-refractivity contribution in [1.29, 1.82) is 0 Å². The summed E-state index contributed by atoms with van der Waals surface area (Å²) in [4.78, 5) is 4.30. The Balaban J connectivity index is 1.92. The maximum atomic E-state index is 13.2. The highest BCUT2D eigenvalue weighted by molar-refractivity contribution is 7.90. The highest BCUT2D eigenvalue weighted by Gasteiger charge is 2.28. The second kappa shape index (κ2) is 5.56. The molecule has 0 atom stereocenters. The van der Waals surface area contributed by atoms with Gasteiger partial charge in [0, 0.05) is 5.56 Å². The minimum absolute atomic E-state index is 0.00739. The molecule has 3 aromatic rings. The first-order valence-corrected chi connectivity index (χ1v) is 9.02. The Labute approximate surface area is 143 Å². The van der Waals surface area contributed by atoms with Gasteiger partial charge in [-0.05, 0) is 31.2 Å². The fourth-order valence-corrected chi connectivity index (χ4v) is 4.73. The van der Waals surface area contributed by atoms with Crippen molar-refractivity contribution in [2.75, 3.05) is 6.79 Å². The summed E-state index contributed by atoms with van der Waals surface area (Å²) in [5, 5.41) is 0.134. The van der Waals surface area contributed by atoms with Gasteiger partial charge in [0.2, 0.25) is 0 Å². The first-order valence-electron chi connectivity index (χ1n) is 7.21. The second-order valence-electron chi connectivity index (χ2n) is 5.39. The number of hydrogen-bond acceptors (Lipinski definition) is 5. The molecule has 24 heavy (non-hydrogen) atoms. The van der Waals surface area contributed by atoms with Crippen molar-refractivity contribution < 1.29 is 17.9 Å². The number of aromatic nitrogens is 2. The molecule has 0 amide bonds. The van der Waals surface area contributed by atoms with Gasteiger partial charge in [-0.15, -0.1) is 0 Å². The van der Waals surface area contributed by atoms with E-state index in [1.807, 2.05) is 6.07 Å². The first kappa shape index (κ1) is 15.6. The van der Waals surface area contributed by atoms with Crippen LogP contribution >= 0.6 is 11.6 Å². The van der Waals surface area contributed by atoms with E-state index in [0.29, 0.717) is 22.4 Å². The fraction of sp³-hybridized carbons (Fsp3) is 0.188. The Morgan fingerprint density at radius 1 is 1.21 bits per heavy atom. The normalized spacial score (nSPS) is 15.6. The summed E-state index contributed by atoms with van der Waals surface area (Å²) in [5.41, 5.74) is 1.72. The Morgan fingerprint density at radius 2 is 1.96 bits per heavy atom. The van der Waals surface area contributed by atoms with Gasteiger partial charge in [-0.2, -0.15) is 0 Å². The lowest BCUT2D eigenvalue weighted by Gasteiger charge is -2.27. The summed E-state index contributed by atoms with van der Waals surface area (Å²) in [7, 11) is -3.91. The zero-order valence-corrected chi connectivity index (χ0v) is 14.2. The molecular formula is C16H13ClN2O4S. The lowest BCUT2D eigenvalue weighted by Crippen LogP contribution is -2.23. The molecule has 4 rings (SSSR count). The van der Waals surface area contributed by atoms with Crippen LogP contribution in [0.3, 0.4) is 0 Å².